The van der Waals surface area contributed by atoms with Crippen LogP contribution in [0.4, 0.5) is 0 Å². The minimum Gasteiger partial charge on any atom is -0.494 e. The molecule has 0 fully saturated rings. The highest BCUT2D eigenvalue weighted by Crippen LogP contribution is 2.17. The van der Waals surface area contributed by atoms with E-state index < -0.39 is 9.84 Å². The molecule has 1 aromatic carbocycles. The summed E-state index contributed by atoms with van der Waals surface area (Å²) >= 11 is 0. The Kier molecular flexibility index (Phi) is 4.96. The second-order valence-corrected chi connectivity index (χ2v) is 6.45. The molecule has 0 heterocycles. The van der Waals surface area contributed by atoms with Crippen molar-refractivity contribution in [3.63, 3.8) is 0 Å². The van der Waals surface area contributed by atoms with Gasteiger partial charge in [-0.1, -0.05) is 12.1 Å². The molecule has 1 unspecified atom stereocenters. The van der Waals surface area contributed by atoms with Crippen molar-refractivity contribution in [1.29, 1.82) is 0 Å². The summed E-state index contributed by atoms with van der Waals surface area (Å²) in [6.45, 7) is 2.30. The fourth-order valence-electron chi connectivity index (χ4n) is 1.40. The summed E-state index contributed by atoms with van der Waals surface area (Å²) in [7, 11) is -2.90. The maximum Gasteiger partial charge on any atom is 0.147 e. The van der Waals surface area contributed by atoms with Gasteiger partial charge in [-0.3, -0.25) is 0 Å². The summed E-state index contributed by atoms with van der Waals surface area (Å²) in [5.41, 5.74) is 6.76. The number of ether oxygens (including phenoxy) is 1. The van der Waals surface area contributed by atoms with Gasteiger partial charge < -0.3 is 10.5 Å². The molecule has 0 aliphatic rings. The number of benzene rings is 1. The van der Waals surface area contributed by atoms with Gasteiger partial charge in [0.15, 0.2) is 0 Å². The fourth-order valence-corrected chi connectivity index (χ4v) is 2.04. The minimum atomic E-state index is -2.90. The zero-order valence-corrected chi connectivity index (χ0v) is 11.0. The lowest BCUT2D eigenvalue weighted by Gasteiger charge is -2.09. The van der Waals surface area contributed by atoms with Crippen LogP contribution in [0.15, 0.2) is 24.3 Å². The molecule has 17 heavy (non-hydrogen) atoms. The third-order valence-electron chi connectivity index (χ3n) is 2.31. The highest BCUT2D eigenvalue weighted by molar-refractivity contribution is 7.90. The van der Waals surface area contributed by atoms with E-state index >= 15 is 0 Å². The second kappa shape index (κ2) is 6.02. The van der Waals surface area contributed by atoms with Crippen molar-refractivity contribution in [1.82, 2.24) is 0 Å². The Bertz CT molecular complexity index is 455. The van der Waals surface area contributed by atoms with Crippen molar-refractivity contribution in [3.05, 3.63) is 29.8 Å². The molecule has 5 heteroatoms. The molecule has 0 spiro atoms. The van der Waals surface area contributed by atoms with Gasteiger partial charge in [-0.15, -0.1) is 0 Å². The van der Waals surface area contributed by atoms with Gasteiger partial charge in [-0.25, -0.2) is 8.42 Å². The second-order valence-electron chi connectivity index (χ2n) is 4.19. The van der Waals surface area contributed by atoms with Gasteiger partial charge in [0.25, 0.3) is 0 Å². The molecule has 2 N–H and O–H groups in total. The Hall–Kier alpha value is -1.07. The van der Waals surface area contributed by atoms with E-state index in [-0.39, 0.29) is 11.8 Å². The summed E-state index contributed by atoms with van der Waals surface area (Å²) in [4.78, 5) is 0. The van der Waals surface area contributed by atoms with E-state index in [0.717, 1.165) is 11.3 Å². The monoisotopic (exact) mass is 257 g/mol. The van der Waals surface area contributed by atoms with Crippen molar-refractivity contribution in [3.8, 4) is 5.75 Å². The normalized spacial score (nSPS) is 13.4. The summed E-state index contributed by atoms with van der Waals surface area (Å²) < 4.78 is 27.3. The standard InChI is InChI=1S/C12H19NO3S/c1-10(13)11-5-3-6-12(9-11)16-7-4-8-17(2,14)15/h3,5-6,9-10H,4,7-8,13H2,1-2H3. The molecule has 1 atom stereocenters. The smallest absolute Gasteiger partial charge is 0.147 e. The van der Waals surface area contributed by atoms with Crippen LogP contribution in [0.2, 0.25) is 0 Å². The molecule has 0 bridgehead atoms. The third kappa shape index (κ3) is 5.70. The first-order valence-electron chi connectivity index (χ1n) is 5.54. The van der Waals surface area contributed by atoms with Crippen LogP contribution in [0.3, 0.4) is 0 Å². The fraction of sp³-hybridized carbons (Fsp3) is 0.500. The maximum atomic E-state index is 10.9. The average Bonchev–Trinajstić information content (AvgIpc) is 2.23. The molecule has 0 saturated heterocycles. The van der Waals surface area contributed by atoms with Crippen molar-refractivity contribution in [2.75, 3.05) is 18.6 Å². The molecule has 0 saturated carbocycles. The number of nitrogens with two attached hydrogens (primary N) is 1. The van der Waals surface area contributed by atoms with Gasteiger partial charge in [0.1, 0.15) is 15.6 Å². The third-order valence-corrected chi connectivity index (χ3v) is 3.34. The minimum absolute atomic E-state index is 0.0328. The van der Waals surface area contributed by atoms with E-state index in [1.54, 1.807) is 0 Å². The van der Waals surface area contributed by atoms with Crippen LogP contribution in [0.25, 0.3) is 0 Å². The van der Waals surface area contributed by atoms with Crippen LogP contribution < -0.4 is 10.5 Å². The van der Waals surface area contributed by atoms with Gasteiger partial charge in [0, 0.05) is 12.3 Å². The number of sulfone groups is 1. The van der Waals surface area contributed by atoms with Crippen molar-refractivity contribution >= 4 is 9.84 Å². The molecule has 0 aliphatic carbocycles. The topological polar surface area (TPSA) is 69.4 Å². The Morgan fingerprint density at radius 1 is 1.41 bits per heavy atom. The zero-order valence-electron chi connectivity index (χ0n) is 10.2. The highest BCUT2D eigenvalue weighted by Gasteiger charge is 2.03. The van der Waals surface area contributed by atoms with Crippen LogP contribution in [0.1, 0.15) is 24.9 Å². The van der Waals surface area contributed by atoms with E-state index in [0.29, 0.717) is 13.0 Å². The molecule has 0 aliphatic heterocycles. The lowest BCUT2D eigenvalue weighted by Crippen LogP contribution is -2.08. The van der Waals surface area contributed by atoms with E-state index in [4.69, 9.17) is 10.5 Å². The number of hydrogen-bond acceptors (Lipinski definition) is 4. The van der Waals surface area contributed by atoms with Crippen molar-refractivity contribution in [2.24, 2.45) is 5.73 Å². The largest absolute Gasteiger partial charge is 0.494 e. The number of rotatable bonds is 6. The molecule has 1 rings (SSSR count). The zero-order chi connectivity index (χ0) is 12.9. The van der Waals surface area contributed by atoms with E-state index in [1.165, 1.54) is 6.26 Å². The van der Waals surface area contributed by atoms with Gasteiger partial charge in [-0.2, -0.15) is 0 Å². The highest BCUT2D eigenvalue weighted by atomic mass is 32.2. The lowest BCUT2D eigenvalue weighted by molar-refractivity contribution is 0.317. The SMILES string of the molecule is CC(N)c1cccc(OCCCS(C)(=O)=O)c1. The van der Waals surface area contributed by atoms with Gasteiger partial charge in [0.05, 0.1) is 12.4 Å². The van der Waals surface area contributed by atoms with Crippen molar-refractivity contribution < 1.29 is 13.2 Å². The van der Waals surface area contributed by atoms with Gasteiger partial charge in [-0.05, 0) is 31.0 Å². The van der Waals surface area contributed by atoms with E-state index in [2.05, 4.69) is 0 Å². The van der Waals surface area contributed by atoms with Crippen LogP contribution >= 0.6 is 0 Å². The molecule has 4 nitrogen and oxygen atoms in total. The molecular weight excluding hydrogens is 238 g/mol. The Morgan fingerprint density at radius 3 is 2.71 bits per heavy atom. The van der Waals surface area contributed by atoms with Crippen LogP contribution in [0.5, 0.6) is 5.75 Å². The quantitative estimate of drug-likeness (QED) is 0.784. The Morgan fingerprint density at radius 2 is 2.12 bits per heavy atom. The first-order chi connectivity index (χ1) is 7.88. The lowest BCUT2D eigenvalue weighted by atomic mass is 10.1. The predicted octanol–water partition coefficient (Wildman–Crippen LogP) is 1.52. The Labute approximate surface area is 103 Å². The predicted molar refractivity (Wildman–Crippen MR) is 68.9 cm³/mol. The average molecular weight is 257 g/mol. The van der Waals surface area contributed by atoms with E-state index in [1.807, 2.05) is 31.2 Å². The van der Waals surface area contributed by atoms with Crippen LogP contribution in [-0.2, 0) is 9.84 Å². The summed E-state index contributed by atoms with van der Waals surface area (Å²) in [5, 5.41) is 0. The van der Waals surface area contributed by atoms with Gasteiger partial charge >= 0.3 is 0 Å². The summed E-state index contributed by atoms with van der Waals surface area (Å²) in [5.74, 6) is 0.883. The molecule has 96 valence electrons. The maximum absolute atomic E-state index is 10.9. The first kappa shape index (κ1) is 14.0. The van der Waals surface area contributed by atoms with Crippen LogP contribution in [-0.4, -0.2) is 27.0 Å². The Balaban J connectivity index is 2.44. The molecule has 0 aromatic heterocycles. The van der Waals surface area contributed by atoms with E-state index in [9.17, 15) is 8.42 Å². The molecule has 1 aromatic rings. The van der Waals surface area contributed by atoms with Crippen molar-refractivity contribution in [2.45, 2.75) is 19.4 Å². The molecule has 0 amide bonds. The van der Waals surface area contributed by atoms with Gasteiger partial charge in [0.2, 0.25) is 0 Å². The summed E-state index contributed by atoms with van der Waals surface area (Å²) in [6, 6.07) is 7.50. The molecule has 0 radical (unpaired) electrons. The first-order valence-corrected chi connectivity index (χ1v) is 7.60. The molecular formula is C12H19NO3S. The number of hydrogen-bond donors (Lipinski definition) is 1. The van der Waals surface area contributed by atoms with Crippen LogP contribution in [0, 0.1) is 0 Å². The summed E-state index contributed by atoms with van der Waals surface area (Å²) in [6.07, 6.45) is 1.73.